The number of benzene rings is 1. The fourth-order valence-corrected chi connectivity index (χ4v) is 2.41. The lowest BCUT2D eigenvalue weighted by molar-refractivity contribution is 0.295. The van der Waals surface area contributed by atoms with E-state index in [2.05, 4.69) is 10.3 Å². The molecule has 0 saturated heterocycles. The Morgan fingerprint density at radius 1 is 1.47 bits per heavy atom. The van der Waals surface area contributed by atoms with Gasteiger partial charge < -0.3 is 10.1 Å². The average Bonchev–Trinajstić information content (AvgIpc) is 2.90. The molecule has 0 radical (unpaired) electrons. The quantitative estimate of drug-likeness (QED) is 0.879. The second kappa shape index (κ2) is 6.63. The molecule has 0 aliphatic heterocycles. The van der Waals surface area contributed by atoms with Crippen LogP contribution in [0, 0.1) is 5.82 Å². The van der Waals surface area contributed by atoms with Crippen molar-refractivity contribution in [3.8, 4) is 5.75 Å². The second-order valence-corrected chi connectivity index (χ2v) is 4.95. The third-order valence-corrected chi connectivity index (χ3v) is 3.44. The number of aromatic nitrogens is 1. The minimum atomic E-state index is -0.249. The molecule has 2 rings (SSSR count). The summed E-state index contributed by atoms with van der Waals surface area (Å²) >= 11 is 1.53. The van der Waals surface area contributed by atoms with Gasteiger partial charge in [-0.2, -0.15) is 0 Å². The number of ether oxygens (including phenoxy) is 1. The average molecular weight is 280 g/mol. The molecular weight excluding hydrogens is 263 g/mol. The standard InChI is InChI=1S/C14H17FN2OS/c1-3-16-10(2)13-6-11(15)4-5-14(13)18-7-12-8-19-9-17-12/h4-6,8-10,16H,3,7H2,1-2H3. The van der Waals surface area contributed by atoms with Crippen molar-refractivity contribution in [3.63, 3.8) is 0 Å². The molecule has 1 atom stereocenters. The van der Waals surface area contributed by atoms with Gasteiger partial charge in [-0.1, -0.05) is 6.92 Å². The molecule has 0 bridgehead atoms. The molecule has 1 aromatic heterocycles. The minimum absolute atomic E-state index is 0.0473. The van der Waals surface area contributed by atoms with E-state index >= 15 is 0 Å². The van der Waals surface area contributed by atoms with Crippen molar-refractivity contribution in [3.05, 3.63) is 46.2 Å². The Labute approximate surface area is 116 Å². The summed E-state index contributed by atoms with van der Waals surface area (Å²) in [7, 11) is 0. The van der Waals surface area contributed by atoms with Gasteiger partial charge in [0, 0.05) is 17.0 Å². The Morgan fingerprint density at radius 3 is 3.00 bits per heavy atom. The highest BCUT2D eigenvalue weighted by atomic mass is 32.1. The van der Waals surface area contributed by atoms with Crippen molar-refractivity contribution in [2.24, 2.45) is 0 Å². The van der Waals surface area contributed by atoms with E-state index in [9.17, 15) is 4.39 Å². The molecule has 5 heteroatoms. The van der Waals surface area contributed by atoms with Crippen molar-refractivity contribution in [2.75, 3.05) is 6.54 Å². The summed E-state index contributed by atoms with van der Waals surface area (Å²) in [5.41, 5.74) is 3.49. The van der Waals surface area contributed by atoms with Crippen LogP contribution in [-0.2, 0) is 6.61 Å². The SMILES string of the molecule is CCNC(C)c1cc(F)ccc1OCc1cscn1. The zero-order chi connectivity index (χ0) is 13.7. The van der Waals surface area contributed by atoms with E-state index in [0.717, 1.165) is 17.8 Å². The molecule has 3 nitrogen and oxygen atoms in total. The number of hydrogen-bond donors (Lipinski definition) is 1. The zero-order valence-electron chi connectivity index (χ0n) is 11.0. The molecule has 0 fully saturated rings. The Hall–Kier alpha value is -1.46. The maximum absolute atomic E-state index is 13.4. The summed E-state index contributed by atoms with van der Waals surface area (Å²) in [6.45, 7) is 5.24. The number of nitrogens with one attached hydrogen (secondary N) is 1. The third kappa shape index (κ3) is 3.75. The number of nitrogens with zero attached hydrogens (tertiary/aromatic N) is 1. The highest BCUT2D eigenvalue weighted by molar-refractivity contribution is 7.07. The van der Waals surface area contributed by atoms with Crippen molar-refractivity contribution < 1.29 is 9.13 Å². The van der Waals surface area contributed by atoms with Crippen molar-refractivity contribution in [1.82, 2.24) is 10.3 Å². The van der Waals surface area contributed by atoms with Crippen LogP contribution in [0.1, 0.15) is 31.1 Å². The van der Waals surface area contributed by atoms with E-state index in [0.29, 0.717) is 12.4 Å². The van der Waals surface area contributed by atoms with E-state index in [1.165, 1.54) is 23.5 Å². The van der Waals surface area contributed by atoms with Crippen molar-refractivity contribution >= 4 is 11.3 Å². The lowest BCUT2D eigenvalue weighted by atomic mass is 10.1. The van der Waals surface area contributed by atoms with Gasteiger partial charge in [0.25, 0.3) is 0 Å². The van der Waals surface area contributed by atoms with E-state index in [-0.39, 0.29) is 11.9 Å². The van der Waals surface area contributed by atoms with Gasteiger partial charge in [0.15, 0.2) is 0 Å². The van der Waals surface area contributed by atoms with Crippen LogP contribution in [0.2, 0.25) is 0 Å². The molecular formula is C14H17FN2OS. The monoisotopic (exact) mass is 280 g/mol. The molecule has 0 spiro atoms. The van der Waals surface area contributed by atoms with Crippen molar-refractivity contribution in [1.29, 1.82) is 0 Å². The third-order valence-electron chi connectivity index (χ3n) is 2.81. The fraction of sp³-hybridized carbons (Fsp3) is 0.357. The molecule has 102 valence electrons. The van der Waals surface area contributed by atoms with E-state index in [4.69, 9.17) is 4.74 Å². The van der Waals surface area contributed by atoms with Gasteiger partial charge in [-0.25, -0.2) is 9.37 Å². The number of hydrogen-bond acceptors (Lipinski definition) is 4. The summed E-state index contributed by atoms with van der Waals surface area (Å²) in [6, 6.07) is 4.65. The van der Waals surface area contributed by atoms with Gasteiger partial charge in [-0.15, -0.1) is 11.3 Å². The molecule has 1 aromatic carbocycles. The molecule has 0 amide bonds. The van der Waals surface area contributed by atoms with Gasteiger partial charge >= 0.3 is 0 Å². The van der Waals surface area contributed by atoms with Crippen LogP contribution in [0.25, 0.3) is 0 Å². The lowest BCUT2D eigenvalue weighted by Crippen LogP contribution is -2.18. The van der Waals surface area contributed by atoms with Gasteiger partial charge in [-0.05, 0) is 31.7 Å². The Balaban J connectivity index is 2.14. The first-order chi connectivity index (χ1) is 9.20. The molecule has 0 aliphatic carbocycles. The molecule has 1 unspecified atom stereocenters. The van der Waals surface area contributed by atoms with Crippen LogP contribution in [0.4, 0.5) is 4.39 Å². The molecule has 1 heterocycles. The summed E-state index contributed by atoms with van der Waals surface area (Å²) in [6.07, 6.45) is 0. The first-order valence-electron chi connectivity index (χ1n) is 6.23. The Morgan fingerprint density at radius 2 is 2.32 bits per heavy atom. The van der Waals surface area contributed by atoms with E-state index in [1.54, 1.807) is 11.6 Å². The van der Waals surface area contributed by atoms with Crippen LogP contribution in [0.5, 0.6) is 5.75 Å². The second-order valence-electron chi connectivity index (χ2n) is 4.23. The minimum Gasteiger partial charge on any atom is -0.487 e. The van der Waals surface area contributed by atoms with Gasteiger partial charge in [0.2, 0.25) is 0 Å². The summed E-state index contributed by atoms with van der Waals surface area (Å²) in [5.74, 6) is 0.448. The van der Waals surface area contributed by atoms with Gasteiger partial charge in [0.1, 0.15) is 18.2 Å². The number of thiazole rings is 1. The van der Waals surface area contributed by atoms with E-state index in [1.807, 2.05) is 19.2 Å². The van der Waals surface area contributed by atoms with Crippen LogP contribution < -0.4 is 10.1 Å². The molecule has 2 aromatic rings. The first-order valence-corrected chi connectivity index (χ1v) is 7.17. The molecule has 1 N–H and O–H groups in total. The predicted molar refractivity (Wildman–Crippen MR) is 74.9 cm³/mol. The smallest absolute Gasteiger partial charge is 0.131 e. The highest BCUT2D eigenvalue weighted by Crippen LogP contribution is 2.26. The summed E-state index contributed by atoms with van der Waals surface area (Å²) < 4.78 is 19.1. The maximum Gasteiger partial charge on any atom is 0.131 e. The fourth-order valence-electron chi connectivity index (χ4n) is 1.87. The summed E-state index contributed by atoms with van der Waals surface area (Å²) in [4.78, 5) is 4.16. The topological polar surface area (TPSA) is 34.1 Å². The van der Waals surface area contributed by atoms with E-state index < -0.39 is 0 Å². The summed E-state index contributed by atoms with van der Waals surface area (Å²) in [5, 5.41) is 5.20. The Bertz CT molecular complexity index is 516. The van der Waals surface area contributed by atoms with Crippen LogP contribution in [0.3, 0.4) is 0 Å². The number of rotatable bonds is 6. The highest BCUT2D eigenvalue weighted by Gasteiger charge is 2.12. The predicted octanol–water partition coefficient (Wildman–Crippen LogP) is 3.53. The normalized spacial score (nSPS) is 12.4. The Kier molecular flexibility index (Phi) is 4.87. The van der Waals surface area contributed by atoms with Gasteiger partial charge in [-0.3, -0.25) is 0 Å². The lowest BCUT2D eigenvalue weighted by Gasteiger charge is -2.17. The molecule has 0 saturated carbocycles. The van der Waals surface area contributed by atoms with Gasteiger partial charge in [0.05, 0.1) is 11.2 Å². The zero-order valence-corrected chi connectivity index (χ0v) is 11.8. The largest absolute Gasteiger partial charge is 0.487 e. The van der Waals surface area contributed by atoms with Crippen LogP contribution in [0.15, 0.2) is 29.1 Å². The molecule has 19 heavy (non-hydrogen) atoms. The van der Waals surface area contributed by atoms with Crippen LogP contribution in [-0.4, -0.2) is 11.5 Å². The van der Waals surface area contributed by atoms with Crippen LogP contribution >= 0.6 is 11.3 Å². The first kappa shape index (κ1) is 14.0. The molecule has 0 aliphatic rings. The maximum atomic E-state index is 13.4. The number of halogens is 1. The van der Waals surface area contributed by atoms with Crippen molar-refractivity contribution in [2.45, 2.75) is 26.5 Å².